The molecule has 3 rings (SSSR count). The second-order valence-corrected chi connectivity index (χ2v) is 3.83. The summed E-state index contributed by atoms with van der Waals surface area (Å²) in [4.78, 5) is 0. The van der Waals surface area contributed by atoms with Crippen LogP contribution in [-0.2, 0) is 0 Å². The van der Waals surface area contributed by atoms with Gasteiger partial charge in [0, 0.05) is 11.0 Å². The highest BCUT2D eigenvalue weighted by Crippen LogP contribution is 2.35. The standard InChI is InChI=1S/C10H10BN3O4/c12-10-6(3-13-14-10)5-1-2-7-9(18-4-17-7)8(5)11(15)16/h1-3,15-16H,4H2,(H3,12,13,14). The minimum absolute atomic E-state index is 0.0549. The van der Waals surface area contributed by atoms with Crippen molar-refractivity contribution >= 4 is 18.4 Å². The maximum Gasteiger partial charge on any atom is 0.493 e. The molecule has 0 radical (unpaired) electrons. The average Bonchev–Trinajstić information content (AvgIpc) is 2.95. The largest absolute Gasteiger partial charge is 0.493 e. The van der Waals surface area contributed by atoms with Gasteiger partial charge in [-0.05, 0) is 11.6 Å². The van der Waals surface area contributed by atoms with Crippen molar-refractivity contribution in [2.75, 3.05) is 12.5 Å². The van der Waals surface area contributed by atoms with E-state index in [9.17, 15) is 10.0 Å². The Hall–Kier alpha value is -2.19. The Morgan fingerprint density at radius 3 is 2.78 bits per heavy atom. The van der Waals surface area contributed by atoms with Crippen LogP contribution in [0.2, 0.25) is 0 Å². The van der Waals surface area contributed by atoms with Crippen molar-refractivity contribution in [2.45, 2.75) is 0 Å². The lowest BCUT2D eigenvalue weighted by Crippen LogP contribution is -2.32. The molecule has 0 amide bonds. The number of ether oxygens (including phenoxy) is 2. The van der Waals surface area contributed by atoms with Crippen LogP contribution in [-0.4, -0.2) is 34.2 Å². The molecule has 0 atom stereocenters. The Morgan fingerprint density at radius 1 is 1.28 bits per heavy atom. The van der Waals surface area contributed by atoms with Gasteiger partial charge in [0.1, 0.15) is 5.82 Å². The molecule has 0 bridgehead atoms. The summed E-state index contributed by atoms with van der Waals surface area (Å²) in [6, 6.07) is 3.37. The van der Waals surface area contributed by atoms with Gasteiger partial charge in [-0.2, -0.15) is 5.10 Å². The predicted octanol–water partition coefficient (Wildman–Crippen LogP) is -0.933. The second-order valence-electron chi connectivity index (χ2n) is 3.83. The summed E-state index contributed by atoms with van der Waals surface area (Å²) in [6.07, 6.45) is 1.51. The van der Waals surface area contributed by atoms with Crippen molar-refractivity contribution in [3.63, 3.8) is 0 Å². The summed E-state index contributed by atoms with van der Waals surface area (Å²) in [6.45, 7) is 0.0549. The fourth-order valence-corrected chi connectivity index (χ4v) is 2.00. The van der Waals surface area contributed by atoms with Gasteiger partial charge in [-0.1, -0.05) is 6.07 Å². The van der Waals surface area contributed by atoms with Gasteiger partial charge in [0.05, 0.1) is 6.20 Å². The number of benzene rings is 1. The molecule has 0 aliphatic carbocycles. The van der Waals surface area contributed by atoms with E-state index in [-0.39, 0.29) is 12.3 Å². The third-order valence-corrected chi connectivity index (χ3v) is 2.79. The molecular weight excluding hydrogens is 237 g/mol. The van der Waals surface area contributed by atoms with Crippen LogP contribution < -0.4 is 20.7 Å². The smallest absolute Gasteiger partial charge is 0.454 e. The lowest BCUT2D eigenvalue weighted by Gasteiger charge is -2.11. The van der Waals surface area contributed by atoms with Crippen molar-refractivity contribution in [3.05, 3.63) is 18.3 Å². The van der Waals surface area contributed by atoms with Crippen molar-refractivity contribution < 1.29 is 19.5 Å². The number of hydrogen-bond donors (Lipinski definition) is 4. The molecule has 0 saturated heterocycles. The van der Waals surface area contributed by atoms with Gasteiger partial charge in [0.15, 0.2) is 11.5 Å². The number of aromatic amines is 1. The van der Waals surface area contributed by atoms with Crippen molar-refractivity contribution in [3.8, 4) is 22.6 Å². The van der Waals surface area contributed by atoms with E-state index in [1.165, 1.54) is 6.20 Å². The second kappa shape index (κ2) is 3.93. The van der Waals surface area contributed by atoms with Crippen molar-refractivity contribution in [2.24, 2.45) is 0 Å². The van der Waals surface area contributed by atoms with E-state index in [2.05, 4.69) is 10.2 Å². The normalized spacial score (nSPS) is 12.8. The number of anilines is 1. The van der Waals surface area contributed by atoms with Crippen LogP contribution in [0.1, 0.15) is 0 Å². The molecule has 0 fully saturated rings. The monoisotopic (exact) mass is 247 g/mol. The number of hydrogen-bond acceptors (Lipinski definition) is 6. The third kappa shape index (κ3) is 1.51. The lowest BCUT2D eigenvalue weighted by atomic mass is 9.74. The lowest BCUT2D eigenvalue weighted by molar-refractivity contribution is 0.174. The third-order valence-electron chi connectivity index (χ3n) is 2.79. The Morgan fingerprint density at radius 2 is 2.11 bits per heavy atom. The van der Waals surface area contributed by atoms with Gasteiger partial charge in [-0.3, -0.25) is 5.10 Å². The number of rotatable bonds is 2. The summed E-state index contributed by atoms with van der Waals surface area (Å²) in [5.41, 5.74) is 7.08. The van der Waals surface area contributed by atoms with Gasteiger partial charge in [-0.25, -0.2) is 0 Å². The molecule has 1 aromatic carbocycles. The van der Waals surface area contributed by atoms with Crippen molar-refractivity contribution in [1.29, 1.82) is 0 Å². The number of nitrogen functional groups attached to an aromatic ring is 1. The molecule has 0 saturated carbocycles. The van der Waals surface area contributed by atoms with E-state index in [0.717, 1.165) is 0 Å². The molecule has 8 heteroatoms. The number of nitrogens with two attached hydrogens (primary N) is 1. The summed E-state index contributed by atoms with van der Waals surface area (Å²) >= 11 is 0. The highest BCUT2D eigenvalue weighted by atomic mass is 16.7. The highest BCUT2D eigenvalue weighted by Gasteiger charge is 2.29. The first kappa shape index (κ1) is 10.9. The van der Waals surface area contributed by atoms with Crippen LogP contribution in [0.3, 0.4) is 0 Å². The van der Waals surface area contributed by atoms with Gasteiger partial charge < -0.3 is 25.3 Å². The Balaban J connectivity index is 2.24. The van der Waals surface area contributed by atoms with Crippen LogP contribution in [0.15, 0.2) is 18.3 Å². The molecule has 5 N–H and O–H groups in total. The first-order valence-electron chi connectivity index (χ1n) is 5.26. The summed E-state index contributed by atoms with van der Waals surface area (Å²) in [5, 5.41) is 25.4. The van der Waals surface area contributed by atoms with Crippen LogP contribution in [0, 0.1) is 0 Å². The van der Waals surface area contributed by atoms with E-state index in [1.54, 1.807) is 12.1 Å². The van der Waals surface area contributed by atoms with E-state index in [0.29, 0.717) is 28.4 Å². The summed E-state index contributed by atoms with van der Waals surface area (Å²) in [7, 11) is -1.69. The average molecular weight is 247 g/mol. The van der Waals surface area contributed by atoms with E-state index < -0.39 is 7.12 Å². The van der Waals surface area contributed by atoms with E-state index in [1.807, 2.05) is 0 Å². The first-order valence-corrected chi connectivity index (χ1v) is 5.26. The van der Waals surface area contributed by atoms with E-state index >= 15 is 0 Å². The quantitative estimate of drug-likeness (QED) is 0.509. The molecule has 18 heavy (non-hydrogen) atoms. The Labute approximate surface area is 102 Å². The summed E-state index contributed by atoms with van der Waals surface area (Å²) in [5.74, 6) is 1.14. The SMILES string of the molecule is Nc1[nH]ncc1-c1ccc2c(c1B(O)O)OCO2. The molecule has 0 unspecified atom stereocenters. The van der Waals surface area contributed by atoms with Gasteiger partial charge in [0.25, 0.3) is 0 Å². The maximum atomic E-state index is 9.51. The minimum atomic E-state index is -1.69. The van der Waals surface area contributed by atoms with Gasteiger partial charge in [-0.15, -0.1) is 0 Å². The molecule has 1 aliphatic rings. The predicted molar refractivity (Wildman–Crippen MR) is 64.4 cm³/mol. The van der Waals surface area contributed by atoms with E-state index in [4.69, 9.17) is 15.2 Å². The minimum Gasteiger partial charge on any atom is -0.454 e. The molecule has 7 nitrogen and oxygen atoms in total. The number of fused-ring (bicyclic) bond motifs is 1. The topological polar surface area (TPSA) is 114 Å². The molecule has 2 aromatic rings. The number of aromatic nitrogens is 2. The fourth-order valence-electron chi connectivity index (χ4n) is 2.00. The molecule has 0 spiro atoms. The molecule has 1 aromatic heterocycles. The Bertz CT molecular complexity index is 599. The van der Waals surface area contributed by atoms with Crippen LogP contribution in [0.25, 0.3) is 11.1 Å². The molecule has 92 valence electrons. The molecule has 2 heterocycles. The van der Waals surface area contributed by atoms with Gasteiger partial charge in [0.2, 0.25) is 6.79 Å². The van der Waals surface area contributed by atoms with Gasteiger partial charge >= 0.3 is 7.12 Å². The Kier molecular flexibility index (Phi) is 2.39. The molecular formula is C10H10BN3O4. The zero-order chi connectivity index (χ0) is 12.7. The van der Waals surface area contributed by atoms with Crippen LogP contribution in [0.5, 0.6) is 11.5 Å². The van der Waals surface area contributed by atoms with Crippen LogP contribution >= 0.6 is 0 Å². The maximum absolute atomic E-state index is 9.51. The zero-order valence-corrected chi connectivity index (χ0v) is 9.25. The number of nitrogens with zero attached hydrogens (tertiary/aromatic N) is 1. The molecule has 1 aliphatic heterocycles. The van der Waals surface area contributed by atoms with Crippen molar-refractivity contribution in [1.82, 2.24) is 10.2 Å². The first-order chi connectivity index (χ1) is 8.68. The summed E-state index contributed by atoms with van der Waals surface area (Å²) < 4.78 is 10.4. The fraction of sp³-hybridized carbons (Fsp3) is 0.100. The highest BCUT2D eigenvalue weighted by molar-refractivity contribution is 6.62. The zero-order valence-electron chi connectivity index (χ0n) is 9.25. The number of nitrogens with one attached hydrogen (secondary N) is 1. The number of H-pyrrole nitrogens is 1. The van der Waals surface area contributed by atoms with Crippen LogP contribution in [0.4, 0.5) is 5.82 Å².